The summed E-state index contributed by atoms with van der Waals surface area (Å²) in [6, 6.07) is 17.2. The van der Waals surface area contributed by atoms with E-state index in [4.69, 9.17) is 34.8 Å². The number of benzene rings is 3. The Kier molecular flexibility index (Phi) is 7.46. The standard InChI is InChI=1S/C22H17Cl3N2O4S/c1-32(30,31)27(20-10-8-16(24)12-18(20)25)13-21(28)26-19-9-7-15(23)11-17(19)22(29)14-5-3-2-4-6-14/h2-12H,13H2,1H3,(H,26,28). The number of nitrogens with zero attached hydrogens (tertiary/aromatic N) is 1. The topological polar surface area (TPSA) is 83.6 Å². The van der Waals surface area contributed by atoms with Gasteiger partial charge in [-0.2, -0.15) is 0 Å². The molecule has 166 valence electrons. The summed E-state index contributed by atoms with van der Waals surface area (Å²) in [5, 5.41) is 3.30. The number of ketones is 1. The summed E-state index contributed by atoms with van der Waals surface area (Å²) < 4.78 is 25.5. The zero-order valence-electron chi connectivity index (χ0n) is 16.7. The molecule has 0 unspecified atom stereocenters. The van der Waals surface area contributed by atoms with Crippen LogP contribution in [-0.4, -0.2) is 32.9 Å². The van der Waals surface area contributed by atoms with E-state index >= 15 is 0 Å². The van der Waals surface area contributed by atoms with E-state index in [0.29, 0.717) is 15.6 Å². The van der Waals surface area contributed by atoms with Crippen LogP contribution >= 0.6 is 34.8 Å². The van der Waals surface area contributed by atoms with Gasteiger partial charge < -0.3 is 5.32 Å². The molecular formula is C22H17Cl3N2O4S. The third-order valence-electron chi connectivity index (χ3n) is 4.40. The van der Waals surface area contributed by atoms with E-state index in [1.54, 1.807) is 30.3 Å². The molecule has 0 atom stereocenters. The van der Waals surface area contributed by atoms with E-state index in [-0.39, 0.29) is 27.7 Å². The van der Waals surface area contributed by atoms with Gasteiger partial charge in [-0.1, -0.05) is 65.1 Å². The number of carbonyl (C=O) groups excluding carboxylic acids is 2. The van der Waals surface area contributed by atoms with Crippen molar-refractivity contribution in [3.05, 3.63) is 92.9 Å². The highest BCUT2D eigenvalue weighted by atomic mass is 35.5. The van der Waals surface area contributed by atoms with Gasteiger partial charge in [-0.25, -0.2) is 8.42 Å². The lowest BCUT2D eigenvalue weighted by Crippen LogP contribution is -2.37. The maximum Gasteiger partial charge on any atom is 0.245 e. The summed E-state index contributed by atoms with van der Waals surface area (Å²) in [5.74, 6) is -1.02. The van der Waals surface area contributed by atoms with E-state index < -0.39 is 22.5 Å². The third kappa shape index (κ3) is 5.81. The minimum atomic E-state index is -3.86. The Morgan fingerprint density at radius 3 is 2.16 bits per heavy atom. The Bertz CT molecular complexity index is 1280. The number of anilines is 2. The van der Waals surface area contributed by atoms with E-state index in [2.05, 4.69) is 5.32 Å². The Balaban J connectivity index is 1.90. The van der Waals surface area contributed by atoms with Crippen LogP contribution in [-0.2, 0) is 14.8 Å². The van der Waals surface area contributed by atoms with Crippen LogP contribution in [0, 0.1) is 0 Å². The lowest BCUT2D eigenvalue weighted by atomic mass is 10.0. The van der Waals surface area contributed by atoms with Gasteiger partial charge in [-0.05, 0) is 36.4 Å². The average molecular weight is 512 g/mol. The van der Waals surface area contributed by atoms with Crippen LogP contribution < -0.4 is 9.62 Å². The number of carbonyl (C=O) groups is 2. The van der Waals surface area contributed by atoms with Crippen LogP contribution in [0.3, 0.4) is 0 Å². The molecule has 0 spiro atoms. The molecule has 0 radical (unpaired) electrons. The zero-order valence-corrected chi connectivity index (χ0v) is 19.8. The minimum absolute atomic E-state index is 0.0714. The lowest BCUT2D eigenvalue weighted by Gasteiger charge is -2.23. The second-order valence-corrected chi connectivity index (χ2v) is 9.99. The quantitative estimate of drug-likeness (QED) is 0.437. The molecule has 0 aliphatic rings. The van der Waals surface area contributed by atoms with Crippen molar-refractivity contribution in [1.82, 2.24) is 0 Å². The molecule has 0 saturated carbocycles. The normalized spacial score (nSPS) is 11.1. The fourth-order valence-electron chi connectivity index (χ4n) is 2.94. The number of amides is 1. The van der Waals surface area contributed by atoms with Crippen molar-refractivity contribution in [2.45, 2.75) is 0 Å². The maximum absolute atomic E-state index is 12.9. The molecule has 6 nitrogen and oxygen atoms in total. The number of sulfonamides is 1. The van der Waals surface area contributed by atoms with E-state index in [9.17, 15) is 18.0 Å². The van der Waals surface area contributed by atoms with Crippen molar-refractivity contribution in [3.63, 3.8) is 0 Å². The van der Waals surface area contributed by atoms with Gasteiger partial charge in [-0.15, -0.1) is 0 Å². The molecule has 3 aromatic carbocycles. The zero-order chi connectivity index (χ0) is 23.5. The number of rotatable bonds is 7. The highest BCUT2D eigenvalue weighted by Crippen LogP contribution is 2.30. The highest BCUT2D eigenvalue weighted by Gasteiger charge is 2.24. The lowest BCUT2D eigenvalue weighted by molar-refractivity contribution is -0.114. The molecule has 32 heavy (non-hydrogen) atoms. The van der Waals surface area contributed by atoms with Gasteiger partial charge in [0.1, 0.15) is 6.54 Å². The third-order valence-corrected chi connectivity index (χ3v) is 6.30. The van der Waals surface area contributed by atoms with Crippen molar-refractivity contribution in [3.8, 4) is 0 Å². The van der Waals surface area contributed by atoms with Crippen molar-refractivity contribution in [1.29, 1.82) is 0 Å². The number of hydrogen-bond acceptors (Lipinski definition) is 4. The minimum Gasteiger partial charge on any atom is -0.324 e. The number of hydrogen-bond donors (Lipinski definition) is 1. The largest absolute Gasteiger partial charge is 0.324 e. The van der Waals surface area contributed by atoms with Crippen LogP contribution in [0.15, 0.2) is 66.7 Å². The van der Waals surface area contributed by atoms with Gasteiger partial charge in [0.2, 0.25) is 15.9 Å². The van der Waals surface area contributed by atoms with Crippen LogP contribution in [0.25, 0.3) is 0 Å². The average Bonchev–Trinajstić information content (AvgIpc) is 2.73. The van der Waals surface area contributed by atoms with E-state index in [1.807, 2.05) is 0 Å². The molecule has 1 N–H and O–H groups in total. The van der Waals surface area contributed by atoms with Gasteiger partial charge >= 0.3 is 0 Å². The van der Waals surface area contributed by atoms with Gasteiger partial charge in [-0.3, -0.25) is 13.9 Å². The van der Waals surface area contributed by atoms with Crippen molar-refractivity contribution < 1.29 is 18.0 Å². The molecule has 3 rings (SSSR count). The first-order chi connectivity index (χ1) is 15.1. The molecule has 0 fully saturated rings. The van der Waals surface area contributed by atoms with Crippen molar-refractivity contribution in [2.24, 2.45) is 0 Å². The van der Waals surface area contributed by atoms with Crippen LogP contribution in [0.1, 0.15) is 15.9 Å². The molecule has 0 heterocycles. The molecule has 0 aliphatic heterocycles. The molecule has 10 heteroatoms. The Morgan fingerprint density at radius 2 is 1.53 bits per heavy atom. The summed E-state index contributed by atoms with van der Waals surface area (Å²) in [7, 11) is -3.86. The molecule has 3 aromatic rings. The first-order valence-corrected chi connectivity index (χ1v) is 12.2. The molecule has 1 amide bonds. The summed E-state index contributed by atoms with van der Waals surface area (Å²) in [6.07, 6.45) is 0.956. The second kappa shape index (κ2) is 9.92. The predicted octanol–water partition coefficient (Wildman–Crippen LogP) is 5.28. The highest BCUT2D eigenvalue weighted by molar-refractivity contribution is 7.92. The fraction of sp³-hybridized carbons (Fsp3) is 0.0909. The molecule has 0 aromatic heterocycles. The Morgan fingerprint density at radius 1 is 0.906 bits per heavy atom. The first-order valence-electron chi connectivity index (χ1n) is 9.18. The Hall–Kier alpha value is -2.58. The maximum atomic E-state index is 12.9. The van der Waals surface area contributed by atoms with Crippen LogP contribution in [0.4, 0.5) is 11.4 Å². The predicted molar refractivity (Wildman–Crippen MR) is 129 cm³/mol. The SMILES string of the molecule is CS(=O)(=O)N(CC(=O)Nc1ccc(Cl)cc1C(=O)c1ccccc1)c1ccc(Cl)cc1Cl. The second-order valence-electron chi connectivity index (χ2n) is 6.80. The van der Waals surface area contributed by atoms with Gasteiger partial charge in [0.05, 0.1) is 22.7 Å². The van der Waals surface area contributed by atoms with E-state index in [1.165, 1.54) is 36.4 Å². The summed E-state index contributed by atoms with van der Waals surface area (Å²) in [5.41, 5.74) is 0.887. The monoisotopic (exact) mass is 510 g/mol. The molecule has 0 bridgehead atoms. The first kappa shape index (κ1) is 24.1. The fourth-order valence-corrected chi connectivity index (χ4v) is 4.54. The van der Waals surface area contributed by atoms with Crippen LogP contribution in [0.5, 0.6) is 0 Å². The van der Waals surface area contributed by atoms with E-state index in [0.717, 1.165) is 10.6 Å². The molecule has 0 aliphatic carbocycles. The summed E-state index contributed by atoms with van der Waals surface area (Å²) in [6.45, 7) is -0.568. The molecule has 0 saturated heterocycles. The number of halogens is 3. The van der Waals surface area contributed by atoms with Gasteiger partial charge in [0, 0.05) is 21.2 Å². The van der Waals surface area contributed by atoms with Gasteiger partial charge in [0.25, 0.3) is 0 Å². The smallest absolute Gasteiger partial charge is 0.245 e. The molecular weight excluding hydrogens is 495 g/mol. The number of nitrogens with one attached hydrogen (secondary N) is 1. The summed E-state index contributed by atoms with van der Waals surface area (Å²) in [4.78, 5) is 25.7. The summed E-state index contributed by atoms with van der Waals surface area (Å²) >= 11 is 18.1. The van der Waals surface area contributed by atoms with Crippen molar-refractivity contribution in [2.75, 3.05) is 22.4 Å². The Labute approximate surface area is 200 Å². The van der Waals surface area contributed by atoms with Gasteiger partial charge in [0.15, 0.2) is 5.78 Å². The van der Waals surface area contributed by atoms with Crippen LogP contribution in [0.2, 0.25) is 15.1 Å². The van der Waals surface area contributed by atoms with Crippen molar-refractivity contribution >= 4 is 67.9 Å².